The molecule has 9 heteroatoms. The number of ether oxygens (including phenoxy) is 2. The number of hydrogen-bond acceptors (Lipinski definition) is 5. The molecule has 1 aromatic heterocycles. The molecule has 1 aliphatic rings. The summed E-state index contributed by atoms with van der Waals surface area (Å²) in [6, 6.07) is 10.3. The first kappa shape index (κ1) is 24.4. The lowest BCUT2D eigenvalue weighted by Gasteiger charge is -2.26. The SMILES string of the molecule is CC(=O)NC(C)Cn1c(-c2ccc(F)c(Cl)c2)nc2cc(OCCCN3CCOCC3)ccc21. The smallest absolute Gasteiger partial charge is 0.217 e. The quantitative estimate of drug-likeness (QED) is 0.459. The Morgan fingerprint density at radius 2 is 2.06 bits per heavy atom. The second-order valence-electron chi connectivity index (χ2n) is 8.58. The van der Waals surface area contributed by atoms with E-state index in [1.807, 2.05) is 29.7 Å². The zero-order valence-corrected chi connectivity index (χ0v) is 20.3. The molecular formula is C25H30ClFN4O3. The number of aromatic nitrogens is 2. The van der Waals surface area contributed by atoms with Gasteiger partial charge in [-0.15, -0.1) is 0 Å². The van der Waals surface area contributed by atoms with Gasteiger partial charge in [-0.3, -0.25) is 9.69 Å². The van der Waals surface area contributed by atoms with Crippen LogP contribution in [0.3, 0.4) is 0 Å². The number of hydrogen-bond donors (Lipinski definition) is 1. The Balaban J connectivity index is 1.54. The van der Waals surface area contributed by atoms with Crippen LogP contribution in [0.1, 0.15) is 20.3 Å². The van der Waals surface area contributed by atoms with Crippen LogP contribution in [0.25, 0.3) is 22.4 Å². The van der Waals surface area contributed by atoms with Gasteiger partial charge in [0.2, 0.25) is 5.91 Å². The number of rotatable bonds is 9. The van der Waals surface area contributed by atoms with Crippen molar-refractivity contribution in [2.45, 2.75) is 32.9 Å². The van der Waals surface area contributed by atoms with Crippen LogP contribution in [0, 0.1) is 5.82 Å². The molecule has 0 saturated carbocycles. The molecule has 1 saturated heterocycles. The van der Waals surface area contributed by atoms with Crippen molar-refractivity contribution in [3.63, 3.8) is 0 Å². The Morgan fingerprint density at radius 1 is 1.26 bits per heavy atom. The summed E-state index contributed by atoms with van der Waals surface area (Å²) >= 11 is 6.04. The van der Waals surface area contributed by atoms with E-state index in [1.54, 1.807) is 12.1 Å². The largest absolute Gasteiger partial charge is 0.493 e. The van der Waals surface area contributed by atoms with Gasteiger partial charge in [-0.25, -0.2) is 9.37 Å². The van der Waals surface area contributed by atoms with Crippen molar-refractivity contribution in [2.24, 2.45) is 0 Å². The van der Waals surface area contributed by atoms with Crippen LogP contribution in [-0.4, -0.2) is 65.9 Å². The maximum absolute atomic E-state index is 13.8. The second kappa shape index (κ2) is 11.2. The summed E-state index contributed by atoms with van der Waals surface area (Å²) in [5, 5.41) is 2.94. The first-order valence-corrected chi connectivity index (χ1v) is 11.9. The van der Waals surface area contributed by atoms with Crippen molar-refractivity contribution in [3.05, 3.63) is 47.2 Å². The maximum atomic E-state index is 13.8. The van der Waals surface area contributed by atoms with Gasteiger partial charge in [-0.1, -0.05) is 11.6 Å². The van der Waals surface area contributed by atoms with Crippen LogP contribution in [0.5, 0.6) is 5.75 Å². The van der Waals surface area contributed by atoms with Gasteiger partial charge in [0.25, 0.3) is 0 Å². The van der Waals surface area contributed by atoms with E-state index in [2.05, 4.69) is 10.2 Å². The highest BCUT2D eigenvalue weighted by Gasteiger charge is 2.17. The van der Waals surface area contributed by atoms with Gasteiger partial charge in [-0.05, 0) is 43.7 Å². The molecule has 1 fully saturated rings. The van der Waals surface area contributed by atoms with Gasteiger partial charge in [0, 0.05) is 50.8 Å². The molecule has 0 radical (unpaired) electrons. The van der Waals surface area contributed by atoms with Crippen molar-refractivity contribution < 1.29 is 18.7 Å². The summed E-state index contributed by atoms with van der Waals surface area (Å²) in [6.45, 7) is 9.05. The van der Waals surface area contributed by atoms with Crippen LogP contribution >= 0.6 is 11.6 Å². The summed E-state index contributed by atoms with van der Waals surface area (Å²) < 4.78 is 27.2. The lowest BCUT2D eigenvalue weighted by molar-refractivity contribution is -0.119. The third-order valence-corrected chi connectivity index (χ3v) is 6.08. The van der Waals surface area contributed by atoms with E-state index in [4.69, 9.17) is 26.1 Å². The number of amides is 1. The predicted molar refractivity (Wildman–Crippen MR) is 131 cm³/mol. The topological polar surface area (TPSA) is 68.6 Å². The van der Waals surface area contributed by atoms with E-state index in [9.17, 15) is 9.18 Å². The predicted octanol–water partition coefficient (Wildman–Crippen LogP) is 4.12. The minimum atomic E-state index is -0.479. The molecule has 1 amide bonds. The van der Waals surface area contributed by atoms with E-state index in [0.717, 1.165) is 56.1 Å². The summed E-state index contributed by atoms with van der Waals surface area (Å²) in [6.07, 6.45) is 0.931. The number of benzene rings is 2. The van der Waals surface area contributed by atoms with E-state index in [1.165, 1.54) is 13.0 Å². The van der Waals surface area contributed by atoms with E-state index in [0.29, 0.717) is 24.5 Å². The summed E-state index contributed by atoms with van der Waals surface area (Å²) in [7, 11) is 0. The number of morpholine rings is 1. The third-order valence-electron chi connectivity index (χ3n) is 5.79. The Bertz CT molecular complexity index is 1150. The average Bonchev–Trinajstić information content (AvgIpc) is 3.16. The minimum Gasteiger partial charge on any atom is -0.493 e. The molecule has 4 rings (SSSR count). The summed E-state index contributed by atoms with van der Waals surface area (Å²) in [5.74, 6) is 0.819. The first-order chi connectivity index (χ1) is 16.4. The number of nitrogens with zero attached hydrogens (tertiary/aromatic N) is 3. The summed E-state index contributed by atoms with van der Waals surface area (Å²) in [5.41, 5.74) is 2.36. The summed E-state index contributed by atoms with van der Waals surface area (Å²) in [4.78, 5) is 18.7. The number of carbonyl (C=O) groups excluding carboxylic acids is 1. The molecule has 2 heterocycles. The molecule has 3 aromatic rings. The molecule has 1 aliphatic heterocycles. The van der Waals surface area contributed by atoms with E-state index >= 15 is 0 Å². The van der Waals surface area contributed by atoms with Crippen molar-refractivity contribution >= 4 is 28.5 Å². The lowest BCUT2D eigenvalue weighted by Crippen LogP contribution is -2.37. The number of fused-ring (bicyclic) bond motifs is 1. The molecule has 1 atom stereocenters. The standard InChI is InChI=1S/C25H30ClFN4O3/c1-17(28-18(2)32)16-31-24-7-5-20(34-11-3-8-30-9-12-33-13-10-30)15-23(24)29-25(31)19-4-6-22(27)21(26)14-19/h4-7,14-15,17H,3,8-13,16H2,1-2H3,(H,28,32). The molecule has 0 bridgehead atoms. The fourth-order valence-corrected chi connectivity index (χ4v) is 4.39. The highest BCUT2D eigenvalue weighted by Crippen LogP contribution is 2.30. The molecule has 7 nitrogen and oxygen atoms in total. The Morgan fingerprint density at radius 3 is 2.79 bits per heavy atom. The average molecular weight is 489 g/mol. The lowest BCUT2D eigenvalue weighted by atomic mass is 10.2. The molecule has 1 unspecified atom stereocenters. The van der Waals surface area contributed by atoms with Crippen molar-refractivity contribution in [2.75, 3.05) is 39.5 Å². The second-order valence-corrected chi connectivity index (χ2v) is 8.99. The van der Waals surface area contributed by atoms with E-state index < -0.39 is 5.82 Å². The highest BCUT2D eigenvalue weighted by atomic mass is 35.5. The normalized spacial score (nSPS) is 15.4. The Hall–Kier alpha value is -2.68. The van der Waals surface area contributed by atoms with Crippen LogP contribution in [0.4, 0.5) is 4.39 Å². The number of nitrogens with one attached hydrogen (secondary N) is 1. The molecular weight excluding hydrogens is 459 g/mol. The van der Waals surface area contributed by atoms with Crippen molar-refractivity contribution in [1.82, 2.24) is 19.8 Å². The van der Waals surface area contributed by atoms with Crippen LogP contribution in [0.2, 0.25) is 5.02 Å². The molecule has 0 spiro atoms. The maximum Gasteiger partial charge on any atom is 0.217 e. The molecule has 2 aromatic carbocycles. The Kier molecular flexibility index (Phi) is 8.03. The van der Waals surface area contributed by atoms with Crippen LogP contribution in [-0.2, 0) is 16.1 Å². The fraction of sp³-hybridized carbons (Fsp3) is 0.440. The van der Waals surface area contributed by atoms with Gasteiger partial charge in [-0.2, -0.15) is 0 Å². The zero-order valence-electron chi connectivity index (χ0n) is 19.5. The molecule has 34 heavy (non-hydrogen) atoms. The highest BCUT2D eigenvalue weighted by molar-refractivity contribution is 6.31. The molecule has 0 aliphatic carbocycles. The van der Waals surface area contributed by atoms with Gasteiger partial charge >= 0.3 is 0 Å². The van der Waals surface area contributed by atoms with Crippen molar-refractivity contribution in [3.8, 4) is 17.1 Å². The molecule has 182 valence electrons. The van der Waals surface area contributed by atoms with Gasteiger partial charge < -0.3 is 19.4 Å². The number of halogens is 2. The van der Waals surface area contributed by atoms with Gasteiger partial charge in [0.1, 0.15) is 17.4 Å². The zero-order chi connectivity index (χ0) is 24.1. The Labute approximate surface area is 203 Å². The van der Waals surface area contributed by atoms with Crippen LogP contribution < -0.4 is 10.1 Å². The van der Waals surface area contributed by atoms with Gasteiger partial charge in [0.15, 0.2) is 0 Å². The number of imidazole rings is 1. The number of carbonyl (C=O) groups is 1. The molecule has 1 N–H and O–H groups in total. The van der Waals surface area contributed by atoms with Gasteiger partial charge in [0.05, 0.1) is 35.9 Å². The first-order valence-electron chi connectivity index (χ1n) is 11.6. The fourth-order valence-electron chi connectivity index (χ4n) is 4.21. The third kappa shape index (κ3) is 6.05. The van der Waals surface area contributed by atoms with E-state index in [-0.39, 0.29) is 17.0 Å². The minimum absolute atomic E-state index is 0.0373. The van der Waals surface area contributed by atoms with Crippen LogP contribution in [0.15, 0.2) is 36.4 Å². The monoisotopic (exact) mass is 488 g/mol. The van der Waals surface area contributed by atoms with Crippen molar-refractivity contribution in [1.29, 1.82) is 0 Å².